The first-order valence-electron chi connectivity index (χ1n) is 4.38. The van der Waals surface area contributed by atoms with Gasteiger partial charge in [-0.1, -0.05) is 26.7 Å². The Kier molecular flexibility index (Phi) is 2.72. The van der Waals surface area contributed by atoms with Crippen molar-refractivity contribution in [3.8, 4) is 0 Å². The van der Waals surface area contributed by atoms with Crippen LogP contribution >= 0.6 is 0 Å². The molecule has 1 aliphatic rings. The van der Waals surface area contributed by atoms with E-state index in [4.69, 9.17) is 0 Å². The normalized spacial score (nSPS) is 34.8. The molecule has 1 saturated carbocycles. The largest absolute Gasteiger partial charge is 0.393 e. The van der Waals surface area contributed by atoms with Crippen LogP contribution in [0.25, 0.3) is 0 Å². The van der Waals surface area contributed by atoms with Crippen LogP contribution in [-0.2, 0) is 0 Å². The molecule has 1 rings (SSSR count). The Bertz CT molecular complexity index is 98.9. The van der Waals surface area contributed by atoms with Crippen LogP contribution in [0.15, 0.2) is 0 Å². The van der Waals surface area contributed by atoms with E-state index in [9.17, 15) is 5.11 Å². The summed E-state index contributed by atoms with van der Waals surface area (Å²) in [5, 5.41) is 9.33. The van der Waals surface area contributed by atoms with Gasteiger partial charge in [-0.2, -0.15) is 0 Å². The predicted octanol–water partition coefficient (Wildman–Crippen LogP) is 2.19. The van der Waals surface area contributed by atoms with Crippen molar-refractivity contribution >= 4 is 0 Å². The van der Waals surface area contributed by atoms with Gasteiger partial charge in [-0.3, -0.25) is 0 Å². The monoisotopic (exact) mass is 142 g/mol. The number of hydrogen-bond donors (Lipinski definition) is 1. The van der Waals surface area contributed by atoms with Gasteiger partial charge in [0.15, 0.2) is 0 Å². The fraction of sp³-hybridized carbons (Fsp3) is 1.00. The molecule has 1 heteroatoms. The van der Waals surface area contributed by atoms with Crippen LogP contribution in [0.4, 0.5) is 0 Å². The molecule has 1 aliphatic carbocycles. The lowest BCUT2D eigenvalue weighted by Gasteiger charge is -2.28. The van der Waals surface area contributed by atoms with Crippen molar-refractivity contribution in [1.29, 1.82) is 0 Å². The van der Waals surface area contributed by atoms with Crippen LogP contribution in [0.5, 0.6) is 0 Å². The standard InChI is InChI=1S/C9H18O/c1-7(2)8-4-3-5-9(10)6-8/h7-10H,3-6H2,1-2H3/t8?,9-/m0/s1. The Balaban J connectivity index is 2.32. The molecule has 1 N–H and O–H groups in total. The van der Waals surface area contributed by atoms with Crippen molar-refractivity contribution in [3.63, 3.8) is 0 Å². The van der Waals surface area contributed by atoms with Crippen molar-refractivity contribution in [2.75, 3.05) is 0 Å². The van der Waals surface area contributed by atoms with E-state index in [0.29, 0.717) is 0 Å². The highest BCUT2D eigenvalue weighted by Crippen LogP contribution is 2.29. The van der Waals surface area contributed by atoms with Crippen LogP contribution in [0, 0.1) is 11.8 Å². The molecule has 10 heavy (non-hydrogen) atoms. The zero-order valence-corrected chi connectivity index (χ0v) is 7.01. The van der Waals surface area contributed by atoms with E-state index in [1.54, 1.807) is 0 Å². The van der Waals surface area contributed by atoms with E-state index in [1.807, 2.05) is 0 Å². The van der Waals surface area contributed by atoms with Crippen LogP contribution in [0.2, 0.25) is 0 Å². The molecular formula is C9H18O. The first-order chi connectivity index (χ1) is 4.70. The molecule has 2 atom stereocenters. The van der Waals surface area contributed by atoms with Crippen molar-refractivity contribution in [3.05, 3.63) is 0 Å². The van der Waals surface area contributed by atoms with Gasteiger partial charge in [0, 0.05) is 0 Å². The van der Waals surface area contributed by atoms with E-state index in [2.05, 4.69) is 13.8 Å². The van der Waals surface area contributed by atoms with Crippen molar-refractivity contribution in [2.24, 2.45) is 11.8 Å². The Morgan fingerprint density at radius 2 is 2.00 bits per heavy atom. The van der Waals surface area contributed by atoms with Crippen molar-refractivity contribution in [2.45, 2.75) is 45.6 Å². The van der Waals surface area contributed by atoms with Gasteiger partial charge in [-0.05, 0) is 24.7 Å². The quantitative estimate of drug-likeness (QED) is 0.595. The molecule has 1 unspecified atom stereocenters. The van der Waals surface area contributed by atoms with Crippen molar-refractivity contribution < 1.29 is 5.11 Å². The van der Waals surface area contributed by atoms with E-state index in [1.165, 1.54) is 12.8 Å². The summed E-state index contributed by atoms with van der Waals surface area (Å²) in [4.78, 5) is 0. The van der Waals surface area contributed by atoms with Crippen LogP contribution in [0.3, 0.4) is 0 Å². The highest BCUT2D eigenvalue weighted by Gasteiger charge is 2.21. The highest BCUT2D eigenvalue weighted by atomic mass is 16.3. The molecule has 0 spiro atoms. The average molecular weight is 142 g/mol. The third kappa shape index (κ3) is 1.98. The highest BCUT2D eigenvalue weighted by molar-refractivity contribution is 4.73. The van der Waals surface area contributed by atoms with Gasteiger partial charge in [-0.25, -0.2) is 0 Å². The van der Waals surface area contributed by atoms with Gasteiger partial charge < -0.3 is 5.11 Å². The summed E-state index contributed by atoms with van der Waals surface area (Å²) in [5.74, 6) is 1.54. The first kappa shape index (κ1) is 8.06. The lowest BCUT2D eigenvalue weighted by Crippen LogP contribution is -2.22. The van der Waals surface area contributed by atoms with E-state index < -0.39 is 0 Å². The molecule has 0 aromatic rings. The summed E-state index contributed by atoms with van der Waals surface area (Å²) >= 11 is 0. The SMILES string of the molecule is CC(C)C1CCC[C@H](O)C1. The number of aliphatic hydroxyl groups is 1. The third-order valence-electron chi connectivity index (χ3n) is 2.63. The molecular weight excluding hydrogens is 124 g/mol. The minimum absolute atomic E-state index is 0.00106. The maximum absolute atomic E-state index is 9.33. The molecule has 1 nitrogen and oxygen atoms in total. The second kappa shape index (κ2) is 3.38. The Morgan fingerprint density at radius 3 is 2.40 bits per heavy atom. The Hall–Kier alpha value is -0.0400. The second-order valence-electron chi connectivity index (χ2n) is 3.82. The van der Waals surface area contributed by atoms with Crippen molar-refractivity contribution in [1.82, 2.24) is 0 Å². The Labute approximate surface area is 63.4 Å². The summed E-state index contributed by atoms with van der Waals surface area (Å²) in [6, 6.07) is 0. The second-order valence-corrected chi connectivity index (χ2v) is 3.82. The van der Waals surface area contributed by atoms with Gasteiger partial charge in [0.2, 0.25) is 0 Å². The third-order valence-corrected chi connectivity index (χ3v) is 2.63. The molecule has 0 amide bonds. The zero-order valence-electron chi connectivity index (χ0n) is 7.01. The zero-order chi connectivity index (χ0) is 7.56. The van der Waals surface area contributed by atoms with Gasteiger partial charge >= 0.3 is 0 Å². The molecule has 0 radical (unpaired) electrons. The van der Waals surface area contributed by atoms with Gasteiger partial charge in [-0.15, -0.1) is 0 Å². The minimum Gasteiger partial charge on any atom is -0.393 e. The molecule has 0 aromatic carbocycles. The van der Waals surface area contributed by atoms with Crippen LogP contribution < -0.4 is 0 Å². The molecule has 0 heterocycles. The lowest BCUT2D eigenvalue weighted by atomic mass is 9.80. The molecule has 0 aliphatic heterocycles. The molecule has 1 fully saturated rings. The number of aliphatic hydroxyl groups excluding tert-OH is 1. The summed E-state index contributed by atoms with van der Waals surface area (Å²) in [7, 11) is 0. The summed E-state index contributed by atoms with van der Waals surface area (Å²) in [6.07, 6.45) is 4.63. The van der Waals surface area contributed by atoms with Crippen LogP contribution in [0.1, 0.15) is 39.5 Å². The van der Waals surface area contributed by atoms with E-state index >= 15 is 0 Å². The van der Waals surface area contributed by atoms with Crippen LogP contribution in [-0.4, -0.2) is 11.2 Å². The number of rotatable bonds is 1. The minimum atomic E-state index is 0.00106. The average Bonchev–Trinajstić information content (AvgIpc) is 1.88. The van der Waals surface area contributed by atoms with Gasteiger partial charge in [0.1, 0.15) is 0 Å². The molecule has 0 aromatic heterocycles. The predicted molar refractivity (Wildman–Crippen MR) is 42.8 cm³/mol. The molecule has 0 bridgehead atoms. The summed E-state index contributed by atoms with van der Waals surface area (Å²) < 4.78 is 0. The maximum Gasteiger partial charge on any atom is 0.0543 e. The van der Waals surface area contributed by atoms with E-state index in [0.717, 1.165) is 24.7 Å². The fourth-order valence-electron chi connectivity index (χ4n) is 1.81. The Morgan fingerprint density at radius 1 is 1.30 bits per heavy atom. The topological polar surface area (TPSA) is 20.2 Å². The molecule has 0 saturated heterocycles. The first-order valence-corrected chi connectivity index (χ1v) is 4.38. The van der Waals surface area contributed by atoms with Gasteiger partial charge in [0.05, 0.1) is 6.10 Å². The number of hydrogen-bond acceptors (Lipinski definition) is 1. The molecule has 60 valence electrons. The fourth-order valence-corrected chi connectivity index (χ4v) is 1.81. The van der Waals surface area contributed by atoms with Gasteiger partial charge in [0.25, 0.3) is 0 Å². The smallest absolute Gasteiger partial charge is 0.0543 e. The lowest BCUT2D eigenvalue weighted by molar-refractivity contribution is 0.0858. The maximum atomic E-state index is 9.33. The summed E-state index contributed by atoms with van der Waals surface area (Å²) in [5.41, 5.74) is 0. The van der Waals surface area contributed by atoms with E-state index in [-0.39, 0.29) is 6.10 Å². The summed E-state index contributed by atoms with van der Waals surface area (Å²) in [6.45, 7) is 4.51.